The van der Waals surface area contributed by atoms with Crippen LogP contribution in [0.1, 0.15) is 66.3 Å². The number of amides is 2. The molecule has 4 aromatic rings. The molecule has 2 fully saturated rings. The number of benzene rings is 2. The average molecular weight is 869 g/mol. The highest BCUT2D eigenvalue weighted by atomic mass is 28.4. The first-order valence-electron chi connectivity index (χ1n) is 21.9. The SMILES string of the molecule is [2H]C([3H])OCC1OC(n2ccc(NC(=O)c3ccccc3)nc2=O)C(OC)C1C.[2H]C([3H])OCC1OC(n2ccc(NC(=O)c3ccccc3)nc2=O)C(OC)C1O[Si](C)(C)C(C)(C)C. The molecule has 2 aromatic carbocycles. The average Bonchev–Trinajstić information content (AvgIpc) is 3.77. The summed E-state index contributed by atoms with van der Waals surface area (Å²) in [5.74, 6) is -0.641. The fourth-order valence-corrected chi connectivity index (χ4v) is 7.99. The number of ether oxygens (including phenoxy) is 6. The minimum absolute atomic E-state index is 0.0442. The van der Waals surface area contributed by atoms with Gasteiger partial charge in [-0.1, -0.05) is 64.1 Å². The Morgan fingerprint density at radius 1 is 0.754 bits per heavy atom. The van der Waals surface area contributed by atoms with E-state index in [2.05, 4.69) is 54.5 Å². The van der Waals surface area contributed by atoms with E-state index in [-0.39, 0.29) is 47.6 Å². The lowest BCUT2D eigenvalue weighted by atomic mass is 10.0. The standard InChI is InChI=1S/C24H35N3O6Si.C19H23N3O5/c1-24(2,3)34(6,7)33-19-17(15-30-4)32-22(20(19)31-5)27-14-13-18(26-23(27)29)25-21(28)16-11-9-8-10-12-16;1-12-14(11-25-2)27-18(16(12)26-3)22-10-9-15(21-19(22)24)20-17(23)13-7-5-4-6-8-13/h8-14,17,19-20,22H,15H2,1-7H3,(H,25,26,28,29);4-10,12,14,16,18H,11H2,1-3H3,(H,20,21,23,24)/i4TD;2TD. The molecule has 2 N–H and O–H groups in total. The van der Waals surface area contributed by atoms with Crippen LogP contribution < -0.4 is 22.0 Å². The van der Waals surface area contributed by atoms with Gasteiger partial charge in [-0.15, -0.1) is 0 Å². The molecule has 18 heteroatoms. The highest BCUT2D eigenvalue weighted by Crippen LogP contribution is 2.42. The van der Waals surface area contributed by atoms with Gasteiger partial charge in [-0.25, -0.2) is 9.59 Å². The molecular formula is C43H58N6O11Si. The lowest BCUT2D eigenvalue weighted by molar-refractivity contribution is -0.0667. The van der Waals surface area contributed by atoms with Gasteiger partial charge >= 0.3 is 11.4 Å². The van der Waals surface area contributed by atoms with Crippen LogP contribution in [0, 0.1) is 5.92 Å². The third kappa shape index (κ3) is 11.3. The Balaban J connectivity index is 0.000000250. The molecule has 4 heterocycles. The molecule has 0 saturated carbocycles. The van der Waals surface area contributed by atoms with Crippen molar-refractivity contribution in [3.8, 4) is 0 Å². The van der Waals surface area contributed by atoms with E-state index in [1.807, 2.05) is 6.92 Å². The van der Waals surface area contributed by atoms with Gasteiger partial charge < -0.3 is 43.5 Å². The molecule has 2 aliphatic heterocycles. The van der Waals surface area contributed by atoms with Gasteiger partial charge in [0.15, 0.2) is 20.8 Å². The number of hydrogen-bond donors (Lipinski definition) is 2. The number of hydrogen-bond acceptors (Lipinski definition) is 13. The summed E-state index contributed by atoms with van der Waals surface area (Å²) in [6.45, 7) is 12.4. The monoisotopic (exact) mass is 868 g/mol. The van der Waals surface area contributed by atoms with Crippen LogP contribution in [-0.4, -0.2) is 111 Å². The summed E-state index contributed by atoms with van der Waals surface area (Å²) < 4.78 is 71.8. The maximum absolute atomic E-state index is 13.0. The van der Waals surface area contributed by atoms with E-state index >= 15 is 0 Å². The summed E-state index contributed by atoms with van der Waals surface area (Å²) in [6.07, 6.45) is -1.47. The van der Waals surface area contributed by atoms with Crippen molar-refractivity contribution < 1.29 is 47.9 Å². The van der Waals surface area contributed by atoms with Crippen molar-refractivity contribution in [2.75, 3.05) is 52.2 Å². The summed E-state index contributed by atoms with van der Waals surface area (Å²) >= 11 is 0. The molecule has 2 aromatic heterocycles. The van der Waals surface area contributed by atoms with Crippen molar-refractivity contribution in [1.82, 2.24) is 19.1 Å². The fourth-order valence-electron chi connectivity index (χ4n) is 6.67. The highest BCUT2D eigenvalue weighted by Gasteiger charge is 2.51. The molecular weight excluding hydrogens is 805 g/mol. The number of rotatable bonds is 14. The predicted octanol–water partition coefficient (Wildman–Crippen LogP) is 5.14. The number of carbonyl (C=O) groups excluding carboxylic acids is 2. The zero-order valence-electron chi connectivity index (χ0n) is 39.6. The van der Waals surface area contributed by atoms with E-state index in [0.717, 1.165) is 0 Å². The second kappa shape index (κ2) is 20.8. The van der Waals surface area contributed by atoms with Crippen LogP contribution in [0.2, 0.25) is 18.1 Å². The van der Waals surface area contributed by atoms with Crippen LogP contribution in [0.5, 0.6) is 0 Å². The van der Waals surface area contributed by atoms with Crippen molar-refractivity contribution in [2.45, 2.75) is 88.8 Å². The quantitative estimate of drug-likeness (QED) is 0.159. The largest absolute Gasteiger partial charge is 0.408 e. The third-order valence-electron chi connectivity index (χ3n) is 11.1. The predicted molar refractivity (Wildman–Crippen MR) is 230 cm³/mol. The van der Waals surface area contributed by atoms with Gasteiger partial charge in [-0.05, 0) is 54.5 Å². The fraction of sp³-hybridized carbons (Fsp3) is 0.488. The van der Waals surface area contributed by atoms with Crippen molar-refractivity contribution >= 4 is 31.8 Å². The van der Waals surface area contributed by atoms with Crippen molar-refractivity contribution in [1.29, 1.82) is 0 Å². The summed E-state index contributed by atoms with van der Waals surface area (Å²) in [5, 5.41) is 5.12. The number of carbonyl (C=O) groups is 2. The number of nitrogens with one attached hydrogen (secondary N) is 2. The lowest BCUT2D eigenvalue weighted by Crippen LogP contribution is -2.50. The first kappa shape index (κ1) is 41.4. The molecule has 2 aliphatic rings. The first-order chi connectivity index (χ1) is 30.7. The molecule has 2 saturated heterocycles. The molecule has 17 nitrogen and oxygen atoms in total. The van der Waals surface area contributed by atoms with Crippen LogP contribution in [0.15, 0.2) is 94.8 Å². The number of anilines is 2. The van der Waals surface area contributed by atoms with E-state index in [4.69, 9.17) is 38.3 Å². The molecule has 0 bridgehead atoms. The molecule has 6 rings (SSSR count). The third-order valence-corrected chi connectivity index (χ3v) is 15.5. The van der Waals surface area contributed by atoms with Crippen LogP contribution in [0.25, 0.3) is 0 Å². The Morgan fingerprint density at radius 3 is 1.62 bits per heavy atom. The first-order valence-corrected chi connectivity index (χ1v) is 22.5. The number of aromatic nitrogens is 4. The smallest absolute Gasteiger partial charge is 0.351 e. The normalized spacial score (nSPS) is 25.8. The van der Waals surface area contributed by atoms with Crippen LogP contribution in [0.3, 0.4) is 0 Å². The van der Waals surface area contributed by atoms with Gasteiger partial charge in [0, 0.05) is 57.8 Å². The second-order valence-electron chi connectivity index (χ2n) is 16.0. The number of methoxy groups -OCH3 is 4. The molecule has 0 aliphatic carbocycles. The topological polar surface area (TPSA) is 193 Å². The summed E-state index contributed by atoms with van der Waals surface area (Å²) in [6, 6.07) is 20.2. The Kier molecular flexibility index (Phi) is 14.1. The van der Waals surface area contributed by atoms with Crippen molar-refractivity contribution in [2.24, 2.45) is 5.92 Å². The molecule has 61 heavy (non-hydrogen) atoms. The molecule has 10 atom stereocenters. The van der Waals surface area contributed by atoms with Crippen LogP contribution in [-0.2, 0) is 32.8 Å². The summed E-state index contributed by atoms with van der Waals surface area (Å²) in [4.78, 5) is 58.1. The molecule has 0 spiro atoms. The van der Waals surface area contributed by atoms with E-state index in [0.29, 0.717) is 11.1 Å². The zero-order chi connectivity index (χ0) is 47.6. The molecule has 330 valence electrons. The second-order valence-corrected chi connectivity index (χ2v) is 20.8. The van der Waals surface area contributed by atoms with Crippen LogP contribution >= 0.6 is 0 Å². The molecule has 2 amide bonds. The summed E-state index contributed by atoms with van der Waals surface area (Å²) in [5.41, 5.74) is -0.344. The van der Waals surface area contributed by atoms with Gasteiger partial charge in [0.2, 0.25) is 0 Å². The lowest BCUT2D eigenvalue weighted by Gasteiger charge is -2.40. The maximum atomic E-state index is 13.0. The Labute approximate surface area is 362 Å². The van der Waals surface area contributed by atoms with Gasteiger partial charge in [0.1, 0.15) is 36.1 Å². The Bertz CT molecular complexity index is 2310. The van der Waals surface area contributed by atoms with Crippen LogP contribution in [0.4, 0.5) is 11.6 Å². The number of nitrogens with zero attached hydrogens (tertiary/aromatic N) is 4. The van der Waals surface area contributed by atoms with E-state index in [1.165, 1.54) is 47.9 Å². The van der Waals surface area contributed by atoms with Crippen molar-refractivity contribution in [3.05, 3.63) is 117 Å². The van der Waals surface area contributed by atoms with Gasteiger partial charge in [0.25, 0.3) is 11.8 Å². The highest BCUT2D eigenvalue weighted by molar-refractivity contribution is 6.74. The maximum Gasteiger partial charge on any atom is 0.351 e. The minimum atomic E-state index is -2.29. The Morgan fingerprint density at radius 2 is 1.20 bits per heavy atom. The van der Waals surface area contributed by atoms with Gasteiger partial charge in [-0.3, -0.25) is 18.7 Å². The molecule has 0 radical (unpaired) electrons. The zero-order valence-corrected chi connectivity index (χ0v) is 36.6. The minimum Gasteiger partial charge on any atom is -0.408 e. The van der Waals surface area contributed by atoms with Gasteiger partial charge in [0.05, 0.1) is 24.8 Å². The van der Waals surface area contributed by atoms with E-state index < -0.39 is 76.8 Å². The Hall–Kier alpha value is -4.92. The van der Waals surface area contributed by atoms with E-state index in [1.54, 1.807) is 60.7 Å². The summed E-state index contributed by atoms with van der Waals surface area (Å²) in [7, 11) is -2.16. The van der Waals surface area contributed by atoms with E-state index in [9.17, 15) is 19.2 Å². The van der Waals surface area contributed by atoms with Crippen molar-refractivity contribution in [3.63, 3.8) is 0 Å². The molecule has 10 unspecified atom stereocenters. The van der Waals surface area contributed by atoms with Gasteiger partial charge in [-0.2, -0.15) is 9.97 Å².